The molecule has 1 aromatic rings. The first-order valence-electron chi connectivity index (χ1n) is 5.75. The van der Waals surface area contributed by atoms with E-state index in [-0.39, 0.29) is 0 Å². The third-order valence-electron chi connectivity index (χ3n) is 2.09. The summed E-state index contributed by atoms with van der Waals surface area (Å²) in [6.45, 7) is 2.11. The zero-order valence-corrected chi connectivity index (χ0v) is 15.5. The van der Waals surface area contributed by atoms with E-state index in [1.807, 2.05) is 0 Å². The van der Waals surface area contributed by atoms with Gasteiger partial charge in [0.1, 0.15) is 0 Å². The molecule has 0 aliphatic rings. The van der Waals surface area contributed by atoms with Crippen LogP contribution in [0.1, 0.15) is 39.0 Å². The van der Waals surface area contributed by atoms with E-state index >= 15 is 0 Å². The second kappa shape index (κ2) is 11.1. The first-order chi connectivity index (χ1) is 7.66. The SMILES string of the molecule is CCCCCCC(=O)O.[Hg][c]1ccccc1. The van der Waals surface area contributed by atoms with Gasteiger partial charge in [0.25, 0.3) is 0 Å². The number of carbonyl (C=O) groups is 1. The molecule has 0 heterocycles. The Labute approximate surface area is 114 Å². The number of rotatable bonds is 5. The fourth-order valence-corrected chi connectivity index (χ4v) is 2.24. The van der Waals surface area contributed by atoms with Crippen LogP contribution in [0.4, 0.5) is 0 Å². The molecule has 0 bridgehead atoms. The van der Waals surface area contributed by atoms with E-state index in [2.05, 4.69) is 37.3 Å². The molecule has 0 spiro atoms. The molecule has 0 unspecified atom stereocenters. The van der Waals surface area contributed by atoms with Gasteiger partial charge < -0.3 is 5.11 Å². The van der Waals surface area contributed by atoms with Gasteiger partial charge in [0.05, 0.1) is 0 Å². The van der Waals surface area contributed by atoms with E-state index < -0.39 is 5.97 Å². The first-order valence-corrected chi connectivity index (χ1v) is 8.50. The van der Waals surface area contributed by atoms with Crippen LogP contribution in [0.5, 0.6) is 0 Å². The Morgan fingerprint density at radius 3 is 2.19 bits per heavy atom. The number of hydrogen-bond acceptors (Lipinski definition) is 1. The van der Waals surface area contributed by atoms with Gasteiger partial charge in [0.2, 0.25) is 0 Å². The van der Waals surface area contributed by atoms with E-state index in [9.17, 15) is 4.79 Å². The summed E-state index contributed by atoms with van der Waals surface area (Å²) >= 11 is 0.810. The number of benzene rings is 1. The zero-order chi connectivity index (χ0) is 12.2. The maximum atomic E-state index is 9.96. The molecular weight excluding hydrogens is 389 g/mol. The van der Waals surface area contributed by atoms with Crippen LogP contribution in [0, 0.1) is 0 Å². The van der Waals surface area contributed by atoms with Crippen LogP contribution >= 0.6 is 0 Å². The molecule has 0 saturated heterocycles. The Balaban J connectivity index is 0.000000288. The molecule has 85 valence electrons. The third-order valence-corrected chi connectivity index (χ3v) is 3.92. The molecule has 0 atom stereocenters. The van der Waals surface area contributed by atoms with Gasteiger partial charge in [-0.3, -0.25) is 4.79 Å². The molecule has 0 amide bonds. The van der Waals surface area contributed by atoms with Crippen LogP contribution in [-0.2, 0) is 30.9 Å². The zero-order valence-electron chi connectivity index (χ0n) is 9.98. The fraction of sp³-hybridized carbons (Fsp3) is 0.462. The Kier molecular flexibility index (Phi) is 10.9. The molecule has 3 heteroatoms. The van der Waals surface area contributed by atoms with Gasteiger partial charge in [0, 0.05) is 6.42 Å². The summed E-state index contributed by atoms with van der Waals surface area (Å²) in [4.78, 5) is 9.96. The Morgan fingerprint density at radius 1 is 1.19 bits per heavy atom. The van der Waals surface area contributed by atoms with Crippen molar-refractivity contribution in [2.45, 2.75) is 39.0 Å². The predicted molar refractivity (Wildman–Crippen MR) is 62.5 cm³/mol. The Bertz CT molecular complexity index is 273. The van der Waals surface area contributed by atoms with Gasteiger partial charge in [0.15, 0.2) is 0 Å². The van der Waals surface area contributed by atoms with Crippen LogP contribution < -0.4 is 3.07 Å². The van der Waals surface area contributed by atoms with E-state index in [0.29, 0.717) is 6.42 Å². The van der Waals surface area contributed by atoms with Crippen LogP contribution in [0.3, 0.4) is 0 Å². The molecule has 0 aliphatic carbocycles. The van der Waals surface area contributed by atoms with Crippen LogP contribution in [0.15, 0.2) is 30.3 Å². The predicted octanol–water partition coefficient (Wildman–Crippen LogP) is 2.90. The number of aliphatic carboxylic acids is 1. The topological polar surface area (TPSA) is 37.3 Å². The standard InChI is InChI=1S/C7H14O2.C6H5.Hg/c1-2-3-4-5-6-7(8)9;1-2-4-6-5-3-1;/h2-6H2,1H3,(H,8,9);1-5H;. The van der Waals surface area contributed by atoms with Gasteiger partial charge in [-0.15, -0.1) is 0 Å². The van der Waals surface area contributed by atoms with Crippen molar-refractivity contribution in [2.75, 3.05) is 0 Å². The molecule has 16 heavy (non-hydrogen) atoms. The Morgan fingerprint density at radius 2 is 1.81 bits per heavy atom. The van der Waals surface area contributed by atoms with Crippen molar-refractivity contribution >= 4 is 9.04 Å². The Hall–Kier alpha value is -0.375. The molecule has 0 aromatic heterocycles. The molecular formula is C13H19HgO2. The molecule has 0 radical (unpaired) electrons. The summed E-state index contributed by atoms with van der Waals surface area (Å²) in [6, 6.07) is 10.6. The summed E-state index contributed by atoms with van der Waals surface area (Å²) in [5.74, 6) is -0.675. The molecule has 2 nitrogen and oxygen atoms in total. The normalized spacial score (nSPS) is 9.19. The summed E-state index contributed by atoms with van der Waals surface area (Å²) in [5, 5.41) is 8.21. The van der Waals surface area contributed by atoms with E-state index in [1.54, 1.807) is 0 Å². The summed E-state index contributed by atoms with van der Waals surface area (Å²) in [7, 11) is 0. The van der Waals surface area contributed by atoms with E-state index in [1.165, 1.54) is 9.49 Å². The second-order valence-electron chi connectivity index (χ2n) is 3.69. The van der Waals surface area contributed by atoms with Crippen molar-refractivity contribution in [2.24, 2.45) is 0 Å². The van der Waals surface area contributed by atoms with Gasteiger partial charge in [-0.25, -0.2) is 0 Å². The minimum atomic E-state index is -0.675. The summed E-state index contributed by atoms with van der Waals surface area (Å²) in [6.07, 6.45) is 4.55. The van der Waals surface area contributed by atoms with Crippen molar-refractivity contribution in [1.29, 1.82) is 0 Å². The molecule has 0 saturated carbocycles. The van der Waals surface area contributed by atoms with Gasteiger partial charge >= 0.3 is 65.5 Å². The average molecular weight is 408 g/mol. The number of hydrogen-bond donors (Lipinski definition) is 1. The van der Waals surface area contributed by atoms with Crippen LogP contribution in [0.2, 0.25) is 0 Å². The minimum absolute atomic E-state index is 0.333. The van der Waals surface area contributed by atoms with Crippen molar-refractivity contribution < 1.29 is 36.0 Å². The number of carboxylic acids is 1. The van der Waals surface area contributed by atoms with Gasteiger partial charge in [-0.1, -0.05) is 26.2 Å². The summed E-state index contributed by atoms with van der Waals surface area (Å²) in [5.41, 5.74) is 0. The van der Waals surface area contributed by atoms with Crippen molar-refractivity contribution in [3.63, 3.8) is 0 Å². The maximum absolute atomic E-state index is 9.96. The second-order valence-corrected chi connectivity index (χ2v) is 6.86. The van der Waals surface area contributed by atoms with Crippen molar-refractivity contribution in [3.05, 3.63) is 30.3 Å². The molecule has 0 fully saturated rings. The molecule has 1 rings (SSSR count). The molecule has 0 aliphatic heterocycles. The van der Waals surface area contributed by atoms with Crippen LogP contribution in [0.25, 0.3) is 0 Å². The van der Waals surface area contributed by atoms with Gasteiger partial charge in [-0.05, 0) is 6.42 Å². The summed E-state index contributed by atoms with van der Waals surface area (Å²) < 4.78 is 1.52. The molecule has 1 N–H and O–H groups in total. The fourth-order valence-electron chi connectivity index (χ4n) is 1.18. The van der Waals surface area contributed by atoms with E-state index in [0.717, 1.165) is 45.4 Å². The number of carboxylic acid groups (broad SMARTS) is 1. The first kappa shape index (κ1) is 15.6. The number of unbranched alkanes of at least 4 members (excludes halogenated alkanes) is 3. The van der Waals surface area contributed by atoms with E-state index in [4.69, 9.17) is 5.11 Å². The van der Waals surface area contributed by atoms with Crippen LogP contribution in [-0.4, -0.2) is 11.1 Å². The van der Waals surface area contributed by atoms with Gasteiger partial charge in [-0.2, -0.15) is 0 Å². The van der Waals surface area contributed by atoms with Crippen molar-refractivity contribution in [1.82, 2.24) is 0 Å². The van der Waals surface area contributed by atoms with Crippen molar-refractivity contribution in [3.8, 4) is 0 Å². The third kappa shape index (κ3) is 11.7. The monoisotopic (exact) mass is 409 g/mol. The quantitative estimate of drug-likeness (QED) is 0.602. The molecule has 1 aromatic carbocycles. The average Bonchev–Trinajstić information content (AvgIpc) is 2.26.